The second kappa shape index (κ2) is 25.4. The average molecular weight is 1420 g/mol. The summed E-state index contributed by atoms with van der Waals surface area (Å²) in [6.45, 7) is 0. The van der Waals surface area contributed by atoms with Gasteiger partial charge in [-0.2, -0.15) is 0 Å². The normalized spacial score (nSPS) is 11.9. The summed E-state index contributed by atoms with van der Waals surface area (Å²) >= 11 is 0. The van der Waals surface area contributed by atoms with Crippen molar-refractivity contribution in [1.82, 2.24) is 18.3 Å². The summed E-state index contributed by atoms with van der Waals surface area (Å²) in [6.07, 6.45) is 0. The fourth-order valence-electron chi connectivity index (χ4n) is 18.7. The number of rotatable bonds is 8. The maximum absolute atomic E-state index is 2.44. The van der Waals surface area contributed by atoms with E-state index in [-0.39, 0.29) is 0 Å². The van der Waals surface area contributed by atoms with Crippen molar-refractivity contribution < 1.29 is 0 Å². The van der Waals surface area contributed by atoms with Crippen LogP contribution >= 0.6 is 0 Å². The third kappa shape index (κ3) is 9.95. The molecule has 520 valence electrons. The van der Waals surface area contributed by atoms with Crippen molar-refractivity contribution >= 4 is 152 Å². The minimum atomic E-state index is 1.16. The van der Waals surface area contributed by atoms with Gasteiger partial charge in [0.05, 0.1) is 44.1 Å². The molecule has 0 N–H and O–H groups in total. The third-order valence-electron chi connectivity index (χ3n) is 23.8. The molecule has 0 saturated heterocycles. The molecule has 0 atom stereocenters. The molecule has 0 aliphatic rings. The van der Waals surface area contributed by atoms with Gasteiger partial charge in [0.15, 0.2) is 0 Å². The van der Waals surface area contributed by atoms with Crippen molar-refractivity contribution in [3.63, 3.8) is 0 Å². The van der Waals surface area contributed by atoms with Gasteiger partial charge in [-0.1, -0.05) is 291 Å². The first-order valence-corrected chi connectivity index (χ1v) is 38.7. The van der Waals surface area contributed by atoms with E-state index < -0.39 is 0 Å². The molecule has 4 nitrogen and oxygen atoms in total. The van der Waals surface area contributed by atoms with Gasteiger partial charge in [0.2, 0.25) is 0 Å². The van der Waals surface area contributed by atoms with Crippen LogP contribution in [0.25, 0.3) is 219 Å². The quantitative estimate of drug-likeness (QED) is 0.135. The topological polar surface area (TPSA) is 19.7 Å². The molecular weight excluding hydrogens is 1350 g/mol. The Morgan fingerprint density at radius 3 is 0.652 bits per heavy atom. The first-order chi connectivity index (χ1) is 55.6. The van der Waals surface area contributed by atoms with Crippen LogP contribution in [0.1, 0.15) is 0 Å². The zero-order valence-corrected chi connectivity index (χ0v) is 61.0. The van der Waals surface area contributed by atoms with Crippen LogP contribution in [-0.2, 0) is 0 Å². The van der Waals surface area contributed by atoms with Gasteiger partial charge in [0.25, 0.3) is 0 Å². The number of hydrogen-bond donors (Lipinski definition) is 0. The van der Waals surface area contributed by atoms with Crippen molar-refractivity contribution in [2.45, 2.75) is 0 Å². The van der Waals surface area contributed by atoms with E-state index in [1.807, 2.05) is 0 Å². The first-order valence-electron chi connectivity index (χ1n) is 38.7. The van der Waals surface area contributed by atoms with E-state index in [2.05, 4.69) is 431 Å². The average Bonchev–Trinajstić information content (AvgIpc) is 0.980. The number of benzene rings is 20. The Morgan fingerprint density at radius 1 is 0.0982 bits per heavy atom. The fraction of sp³-hybridized carbons (Fsp3) is 0. The zero-order chi connectivity index (χ0) is 73.5. The van der Waals surface area contributed by atoms with Gasteiger partial charge in [-0.3, -0.25) is 0 Å². The molecule has 0 saturated carbocycles. The van der Waals surface area contributed by atoms with Gasteiger partial charge in [0, 0.05) is 65.8 Å². The lowest BCUT2D eigenvalue weighted by molar-refractivity contribution is 1.18. The second-order valence-corrected chi connectivity index (χ2v) is 29.8. The lowest BCUT2D eigenvalue weighted by atomic mass is 9.94. The first kappa shape index (κ1) is 63.3. The second-order valence-electron chi connectivity index (χ2n) is 29.8. The largest absolute Gasteiger partial charge is 0.309 e. The molecule has 112 heavy (non-hydrogen) atoms. The minimum absolute atomic E-state index is 1.16. The van der Waals surface area contributed by atoms with Gasteiger partial charge in [-0.15, -0.1) is 0 Å². The molecule has 20 aromatic carbocycles. The summed E-state index contributed by atoms with van der Waals surface area (Å²) < 4.78 is 9.69. The Balaban J connectivity index is 0.000000134. The number of hydrogen-bond acceptors (Lipinski definition) is 0. The van der Waals surface area contributed by atoms with E-state index in [9.17, 15) is 0 Å². The Bertz CT molecular complexity index is 7920. The predicted octanol–water partition coefficient (Wildman–Crippen LogP) is 29.3. The van der Waals surface area contributed by atoms with Crippen molar-refractivity contribution in [2.75, 3.05) is 0 Å². The van der Waals surface area contributed by atoms with E-state index in [4.69, 9.17) is 0 Å². The summed E-state index contributed by atoms with van der Waals surface area (Å²) in [4.78, 5) is 0. The smallest absolute Gasteiger partial charge is 0.0541 e. The zero-order valence-electron chi connectivity index (χ0n) is 61.0. The van der Waals surface area contributed by atoms with E-state index in [0.29, 0.717) is 0 Å². The minimum Gasteiger partial charge on any atom is -0.309 e. The Hall–Kier alpha value is -14.8. The van der Waals surface area contributed by atoms with Gasteiger partial charge in [-0.25, -0.2) is 0 Å². The lowest BCUT2D eigenvalue weighted by Gasteiger charge is -2.14. The maximum atomic E-state index is 2.44. The SMILES string of the molecule is c1ccc(-c2ccc(-n3c4ccccc4c4cc(-c5ccc6c(c5)c5ccccc5n6-c5ccc6c7ccccc7c7ccccc7c6c5)ccc43)cc2)cc1.c1ccc(-c2cccc(-n3c4ccccc4c4cc(-c5ccc6c(c5)c5ccccc5n6-c5ccc6c7ccccc7c7ccccc7c6c5)ccc43)c2)cc1. The molecule has 4 aromatic heterocycles. The van der Waals surface area contributed by atoms with Crippen LogP contribution < -0.4 is 0 Å². The molecular formula is C108H68N4. The van der Waals surface area contributed by atoms with E-state index in [1.165, 1.54) is 208 Å². The van der Waals surface area contributed by atoms with Gasteiger partial charge >= 0.3 is 0 Å². The Morgan fingerprint density at radius 2 is 0.312 bits per heavy atom. The number of aromatic nitrogens is 4. The Kier molecular flexibility index (Phi) is 14.3. The standard InChI is InChI=1S/2C54H34N2/c1-2-13-35(14-3-1)36-15-12-16-39(31-36)55-51-23-10-8-21-46(51)49-32-37(25-29-53(49)55)38-26-30-54-50(33-38)47-22-9-11-24-52(47)56(54)40-27-28-45-43-19-5-4-17-41(43)42-18-6-7-20-44(42)48(45)34-40;1-2-12-35(13-3-1)36-22-26-39(27-23-36)55-51-20-10-8-18-46(51)49-32-37(24-30-53(49)55)38-25-31-54-50(33-38)47-19-9-11-21-52(47)56(54)40-28-29-45-43-16-5-4-14-41(43)42-15-6-7-17-44(42)48(45)34-40/h2*1-34H. The molecule has 0 radical (unpaired) electrons. The summed E-state index contributed by atoms with van der Waals surface area (Å²) in [6, 6.07) is 151. The molecule has 24 rings (SSSR count). The van der Waals surface area contributed by atoms with Gasteiger partial charge in [-0.05, 0) is 230 Å². The molecule has 0 fully saturated rings. The van der Waals surface area contributed by atoms with Crippen molar-refractivity contribution in [3.8, 4) is 67.3 Å². The lowest BCUT2D eigenvalue weighted by Crippen LogP contribution is -1.94. The number of para-hydroxylation sites is 4. The van der Waals surface area contributed by atoms with Gasteiger partial charge < -0.3 is 18.3 Å². The van der Waals surface area contributed by atoms with E-state index in [0.717, 1.165) is 11.4 Å². The molecule has 4 heterocycles. The van der Waals surface area contributed by atoms with Crippen LogP contribution in [0.5, 0.6) is 0 Å². The highest BCUT2D eigenvalue weighted by molar-refractivity contribution is 6.27. The Labute approximate surface area is 645 Å². The summed E-state index contributed by atoms with van der Waals surface area (Å²) in [5, 5.41) is 25.5. The van der Waals surface area contributed by atoms with Crippen molar-refractivity contribution in [1.29, 1.82) is 0 Å². The maximum Gasteiger partial charge on any atom is 0.0541 e. The van der Waals surface area contributed by atoms with E-state index in [1.54, 1.807) is 0 Å². The van der Waals surface area contributed by atoms with Crippen LogP contribution in [-0.4, -0.2) is 18.3 Å². The van der Waals surface area contributed by atoms with Crippen molar-refractivity contribution in [2.24, 2.45) is 0 Å². The monoisotopic (exact) mass is 1420 g/mol. The van der Waals surface area contributed by atoms with Crippen LogP contribution in [0.2, 0.25) is 0 Å². The molecule has 24 aromatic rings. The highest BCUT2D eigenvalue weighted by atomic mass is 15.0. The number of nitrogens with zero attached hydrogens (tertiary/aromatic N) is 4. The highest BCUT2D eigenvalue weighted by Crippen LogP contribution is 2.45. The highest BCUT2D eigenvalue weighted by Gasteiger charge is 2.22. The van der Waals surface area contributed by atoms with Crippen molar-refractivity contribution in [3.05, 3.63) is 413 Å². The molecule has 0 bridgehead atoms. The summed E-state index contributed by atoms with van der Waals surface area (Å²) in [5.74, 6) is 0. The van der Waals surface area contributed by atoms with Gasteiger partial charge in [0.1, 0.15) is 0 Å². The predicted molar refractivity (Wildman–Crippen MR) is 477 cm³/mol. The van der Waals surface area contributed by atoms with Crippen LogP contribution in [0.3, 0.4) is 0 Å². The molecule has 0 aliphatic heterocycles. The number of fused-ring (bicyclic) bond motifs is 24. The molecule has 0 unspecified atom stereocenters. The van der Waals surface area contributed by atoms with Crippen LogP contribution in [0, 0.1) is 0 Å². The third-order valence-corrected chi connectivity index (χ3v) is 23.8. The van der Waals surface area contributed by atoms with Crippen LogP contribution in [0.15, 0.2) is 413 Å². The van der Waals surface area contributed by atoms with Crippen LogP contribution in [0.4, 0.5) is 0 Å². The summed E-state index contributed by atoms with van der Waals surface area (Å²) in [7, 11) is 0. The summed E-state index contributed by atoms with van der Waals surface area (Å²) in [5.41, 5.74) is 24.0. The van der Waals surface area contributed by atoms with E-state index >= 15 is 0 Å². The molecule has 0 spiro atoms. The molecule has 0 amide bonds. The molecule has 0 aliphatic carbocycles. The molecule has 4 heteroatoms. The fourth-order valence-corrected chi connectivity index (χ4v) is 18.7.